The van der Waals surface area contributed by atoms with Crippen LogP contribution < -0.4 is 5.32 Å². The number of furan rings is 1. The number of thiophene rings is 1. The van der Waals surface area contributed by atoms with Gasteiger partial charge in [0.2, 0.25) is 15.7 Å². The van der Waals surface area contributed by atoms with E-state index >= 15 is 0 Å². The van der Waals surface area contributed by atoms with Crippen LogP contribution in [0.4, 0.5) is 5.00 Å². The summed E-state index contributed by atoms with van der Waals surface area (Å²) in [5.41, 5.74) is 1.20. The Balaban J connectivity index is 1.54. The predicted molar refractivity (Wildman–Crippen MR) is 114 cm³/mol. The first kappa shape index (κ1) is 22.2. The van der Waals surface area contributed by atoms with Crippen LogP contribution in [-0.4, -0.2) is 42.9 Å². The van der Waals surface area contributed by atoms with E-state index in [1.165, 1.54) is 23.7 Å². The zero-order valence-corrected chi connectivity index (χ0v) is 18.9. The van der Waals surface area contributed by atoms with Crippen LogP contribution in [0.25, 0.3) is 11.7 Å². The number of carbonyl (C=O) groups excluding carboxylic acids is 2. The number of aryl methyl sites for hydroxylation is 1. The monoisotopic (exact) mass is 479 g/mol. The van der Waals surface area contributed by atoms with Gasteiger partial charge < -0.3 is 18.9 Å². The molecule has 0 saturated carbocycles. The molecule has 1 amide bonds. The van der Waals surface area contributed by atoms with Crippen molar-refractivity contribution in [2.45, 2.75) is 44.3 Å². The second kappa shape index (κ2) is 9.25. The average molecular weight is 480 g/mol. The number of esters is 1. The van der Waals surface area contributed by atoms with Crippen LogP contribution in [0, 0.1) is 0 Å². The highest BCUT2D eigenvalue weighted by Crippen LogP contribution is 2.38. The molecule has 4 rings (SSSR count). The average Bonchev–Trinajstić information content (AvgIpc) is 3.45. The van der Waals surface area contributed by atoms with E-state index in [4.69, 9.17) is 13.6 Å². The zero-order valence-electron chi connectivity index (χ0n) is 17.3. The van der Waals surface area contributed by atoms with E-state index in [2.05, 4.69) is 15.5 Å². The van der Waals surface area contributed by atoms with Crippen LogP contribution in [0.5, 0.6) is 0 Å². The van der Waals surface area contributed by atoms with Gasteiger partial charge in [-0.25, -0.2) is 13.2 Å². The molecule has 32 heavy (non-hydrogen) atoms. The molecule has 0 atom stereocenters. The van der Waals surface area contributed by atoms with E-state index < -0.39 is 32.7 Å². The molecule has 3 aromatic rings. The second-order valence-electron chi connectivity index (χ2n) is 7.15. The molecule has 0 fully saturated rings. The summed E-state index contributed by atoms with van der Waals surface area (Å²) in [6.07, 6.45) is 5.89. The van der Waals surface area contributed by atoms with Crippen molar-refractivity contribution in [3.63, 3.8) is 0 Å². The van der Waals surface area contributed by atoms with E-state index in [1.807, 2.05) is 0 Å². The summed E-state index contributed by atoms with van der Waals surface area (Å²) in [6.45, 7) is 1.90. The highest BCUT2D eigenvalue weighted by atomic mass is 32.2. The van der Waals surface area contributed by atoms with Gasteiger partial charge in [-0.05, 0) is 50.3 Å². The Kier molecular flexibility index (Phi) is 6.42. The lowest BCUT2D eigenvalue weighted by Gasteiger charge is -2.08. The fraction of sp³-hybridized carbons (Fsp3) is 0.400. The minimum absolute atomic E-state index is 0.111. The molecule has 1 aliphatic rings. The summed E-state index contributed by atoms with van der Waals surface area (Å²) in [5.74, 6) is -2.16. The largest absolute Gasteiger partial charge is 0.462 e. The third-order valence-corrected chi connectivity index (χ3v) is 7.43. The summed E-state index contributed by atoms with van der Waals surface area (Å²) in [7, 11) is -4.21. The first-order valence-corrected chi connectivity index (χ1v) is 12.6. The molecule has 10 nitrogen and oxygen atoms in total. The van der Waals surface area contributed by atoms with Crippen LogP contribution in [0.2, 0.25) is 0 Å². The smallest absolute Gasteiger partial charge is 0.341 e. The molecule has 0 radical (unpaired) electrons. The van der Waals surface area contributed by atoms with Gasteiger partial charge in [-0.2, -0.15) is 0 Å². The SMILES string of the molecule is CCOC(=O)c1c(NC(=O)CS(=O)(=O)c2nnc(-c3ccco3)o2)sc2c1CCCCC2. The van der Waals surface area contributed by atoms with Crippen LogP contribution in [-0.2, 0) is 32.2 Å². The number of amides is 1. The quantitative estimate of drug-likeness (QED) is 0.399. The van der Waals surface area contributed by atoms with Crippen molar-refractivity contribution in [1.29, 1.82) is 0 Å². The third-order valence-electron chi connectivity index (χ3n) is 4.88. The Bertz CT molecular complexity index is 1230. The minimum atomic E-state index is -4.21. The molecule has 0 aliphatic heterocycles. The number of sulfone groups is 1. The molecular formula is C20H21N3O7S2. The summed E-state index contributed by atoms with van der Waals surface area (Å²) in [4.78, 5) is 26.2. The van der Waals surface area contributed by atoms with Crippen molar-refractivity contribution in [2.75, 3.05) is 17.7 Å². The van der Waals surface area contributed by atoms with Gasteiger partial charge in [0.1, 0.15) is 10.8 Å². The van der Waals surface area contributed by atoms with Crippen LogP contribution in [0.15, 0.2) is 32.5 Å². The number of carbonyl (C=O) groups is 2. The Morgan fingerprint density at radius 1 is 1.22 bits per heavy atom. The molecule has 12 heteroatoms. The van der Waals surface area contributed by atoms with Gasteiger partial charge in [-0.15, -0.1) is 16.4 Å². The Morgan fingerprint density at radius 3 is 2.78 bits per heavy atom. The maximum absolute atomic E-state index is 12.6. The summed E-state index contributed by atoms with van der Waals surface area (Å²) < 4.78 is 40.6. The van der Waals surface area contributed by atoms with E-state index in [9.17, 15) is 18.0 Å². The molecule has 170 valence electrons. The number of hydrogen-bond donors (Lipinski definition) is 1. The first-order valence-electron chi connectivity index (χ1n) is 10.1. The molecule has 0 bridgehead atoms. The summed E-state index contributed by atoms with van der Waals surface area (Å²) >= 11 is 1.29. The number of aromatic nitrogens is 2. The number of hydrogen-bond acceptors (Lipinski definition) is 10. The van der Waals surface area contributed by atoms with Gasteiger partial charge in [0.05, 0.1) is 18.4 Å². The van der Waals surface area contributed by atoms with Gasteiger partial charge in [-0.3, -0.25) is 4.79 Å². The van der Waals surface area contributed by atoms with Crippen LogP contribution in [0.3, 0.4) is 0 Å². The number of ether oxygens (including phenoxy) is 1. The zero-order chi connectivity index (χ0) is 22.7. The Hall–Kier alpha value is -2.99. The summed E-state index contributed by atoms with van der Waals surface area (Å²) in [5, 5.41) is 9.36. The van der Waals surface area contributed by atoms with Gasteiger partial charge in [0.25, 0.3) is 5.89 Å². The van der Waals surface area contributed by atoms with Crippen molar-refractivity contribution in [2.24, 2.45) is 0 Å². The molecule has 0 unspecified atom stereocenters. The maximum Gasteiger partial charge on any atom is 0.341 e. The Morgan fingerprint density at radius 2 is 2.03 bits per heavy atom. The maximum atomic E-state index is 12.6. The molecule has 1 N–H and O–H groups in total. The summed E-state index contributed by atoms with van der Waals surface area (Å²) in [6, 6.07) is 3.12. The van der Waals surface area contributed by atoms with E-state index in [1.54, 1.807) is 13.0 Å². The molecule has 3 heterocycles. The van der Waals surface area contributed by atoms with Gasteiger partial charge in [0.15, 0.2) is 5.76 Å². The second-order valence-corrected chi connectivity index (χ2v) is 10.1. The number of nitrogens with one attached hydrogen (secondary N) is 1. The molecule has 3 aromatic heterocycles. The van der Waals surface area contributed by atoms with E-state index in [0.717, 1.165) is 36.1 Å². The van der Waals surface area contributed by atoms with E-state index in [0.29, 0.717) is 17.0 Å². The number of nitrogens with zero attached hydrogens (tertiary/aromatic N) is 2. The fourth-order valence-electron chi connectivity index (χ4n) is 3.48. The van der Waals surface area contributed by atoms with Gasteiger partial charge >= 0.3 is 11.2 Å². The number of rotatable bonds is 7. The lowest BCUT2D eigenvalue weighted by Crippen LogP contribution is -2.24. The van der Waals surface area contributed by atoms with Crippen molar-refractivity contribution < 1.29 is 31.6 Å². The van der Waals surface area contributed by atoms with Crippen LogP contribution >= 0.6 is 11.3 Å². The van der Waals surface area contributed by atoms with Gasteiger partial charge in [0, 0.05) is 4.88 Å². The molecule has 0 aromatic carbocycles. The minimum Gasteiger partial charge on any atom is -0.462 e. The van der Waals surface area contributed by atoms with Crippen molar-refractivity contribution in [3.05, 3.63) is 34.4 Å². The van der Waals surface area contributed by atoms with Crippen molar-refractivity contribution >= 4 is 38.1 Å². The highest BCUT2D eigenvalue weighted by molar-refractivity contribution is 7.91. The Labute approximate surface area is 187 Å². The number of fused-ring (bicyclic) bond motifs is 1. The van der Waals surface area contributed by atoms with Crippen LogP contribution in [0.1, 0.15) is 47.0 Å². The van der Waals surface area contributed by atoms with Gasteiger partial charge in [-0.1, -0.05) is 11.5 Å². The predicted octanol–water partition coefficient (Wildman–Crippen LogP) is 3.25. The standard InChI is InChI=1S/C20H21N3O7S2/c1-2-28-19(25)16-12-7-4-3-5-9-14(12)31-18(16)21-15(24)11-32(26,27)20-23-22-17(30-20)13-8-6-10-29-13/h6,8,10H,2-5,7,9,11H2,1H3,(H,21,24). The topological polar surface area (TPSA) is 142 Å². The number of anilines is 1. The lowest BCUT2D eigenvalue weighted by atomic mass is 10.1. The highest BCUT2D eigenvalue weighted by Gasteiger charge is 2.30. The molecule has 0 saturated heterocycles. The lowest BCUT2D eigenvalue weighted by molar-refractivity contribution is -0.113. The molecule has 1 aliphatic carbocycles. The van der Waals surface area contributed by atoms with Crippen molar-refractivity contribution in [3.8, 4) is 11.7 Å². The molecule has 0 spiro atoms. The fourth-order valence-corrected chi connectivity index (χ4v) is 5.69. The first-order chi connectivity index (χ1) is 15.4. The molecular weight excluding hydrogens is 458 g/mol. The van der Waals surface area contributed by atoms with Crippen molar-refractivity contribution in [1.82, 2.24) is 10.2 Å². The third kappa shape index (κ3) is 4.60. The van der Waals surface area contributed by atoms with E-state index in [-0.39, 0.29) is 18.3 Å². The normalized spacial score (nSPS) is 13.9.